The fraction of sp³-hybridized carbons (Fsp3) is 0.263. The van der Waals surface area contributed by atoms with Gasteiger partial charge in [-0.15, -0.1) is 11.3 Å². The summed E-state index contributed by atoms with van der Waals surface area (Å²) in [6.45, 7) is 1.88. The molecule has 0 unspecified atom stereocenters. The number of esters is 1. The summed E-state index contributed by atoms with van der Waals surface area (Å²) in [4.78, 5) is 45.9. The molecule has 8 nitrogen and oxygen atoms in total. The summed E-state index contributed by atoms with van der Waals surface area (Å²) in [7, 11) is 2.97. The summed E-state index contributed by atoms with van der Waals surface area (Å²) < 4.78 is 17.9. The number of carbonyl (C=O) groups excluding carboxylic acids is 2. The van der Waals surface area contributed by atoms with Crippen molar-refractivity contribution in [1.82, 2.24) is 14.9 Å². The van der Waals surface area contributed by atoms with Crippen molar-refractivity contribution in [1.29, 1.82) is 0 Å². The Bertz CT molecular complexity index is 1140. The molecule has 152 valence electrons. The van der Waals surface area contributed by atoms with Gasteiger partial charge in [-0.25, -0.2) is 14.2 Å². The van der Waals surface area contributed by atoms with Crippen LogP contribution in [0.25, 0.3) is 10.2 Å². The number of fused-ring (bicyclic) bond motifs is 1. The molecule has 0 saturated heterocycles. The monoisotopic (exact) mass is 418 g/mol. The minimum absolute atomic E-state index is 0.00907. The number of ether oxygens (including phenoxy) is 1. The average molecular weight is 418 g/mol. The molecule has 1 aromatic carbocycles. The Kier molecular flexibility index (Phi) is 6.04. The Morgan fingerprint density at radius 1 is 1.38 bits per heavy atom. The van der Waals surface area contributed by atoms with E-state index >= 15 is 0 Å². The molecule has 2 N–H and O–H groups in total. The Hall–Kier alpha value is -3.11. The van der Waals surface area contributed by atoms with Crippen LogP contribution < -0.4 is 10.9 Å². The van der Waals surface area contributed by atoms with E-state index in [1.54, 1.807) is 24.9 Å². The van der Waals surface area contributed by atoms with Crippen molar-refractivity contribution in [2.75, 3.05) is 26.0 Å². The highest BCUT2D eigenvalue weighted by atomic mass is 32.1. The van der Waals surface area contributed by atoms with Crippen LogP contribution in [0.15, 0.2) is 29.1 Å². The Morgan fingerprint density at radius 2 is 2.14 bits per heavy atom. The standard InChI is InChI=1S/C19H19FN4O4S/c1-10-15-17(26)22-13(23-18(15)29-16(10)19(27)28-3)8-24(2)9-14(25)21-12-6-4-5-11(20)7-12/h4-7H,8-9H2,1-3H3,(H,21,25)(H,22,23,26). The lowest BCUT2D eigenvalue weighted by atomic mass is 10.2. The van der Waals surface area contributed by atoms with Gasteiger partial charge in [0, 0.05) is 5.69 Å². The van der Waals surface area contributed by atoms with Crippen LogP contribution >= 0.6 is 11.3 Å². The van der Waals surface area contributed by atoms with Gasteiger partial charge < -0.3 is 15.0 Å². The van der Waals surface area contributed by atoms with Gasteiger partial charge in [0.25, 0.3) is 5.56 Å². The summed E-state index contributed by atoms with van der Waals surface area (Å²) in [6.07, 6.45) is 0. The maximum Gasteiger partial charge on any atom is 0.348 e. The number of aromatic nitrogens is 2. The highest BCUT2D eigenvalue weighted by Crippen LogP contribution is 2.27. The molecule has 0 radical (unpaired) electrons. The zero-order valence-corrected chi connectivity index (χ0v) is 16.9. The van der Waals surface area contributed by atoms with Crippen LogP contribution in [0.1, 0.15) is 21.1 Å². The first-order valence-electron chi connectivity index (χ1n) is 8.63. The first-order chi connectivity index (χ1) is 13.8. The van der Waals surface area contributed by atoms with Crippen LogP contribution in [0, 0.1) is 12.7 Å². The van der Waals surface area contributed by atoms with E-state index in [2.05, 4.69) is 15.3 Å². The number of rotatable bonds is 6. The minimum atomic E-state index is -0.516. The minimum Gasteiger partial charge on any atom is -0.465 e. The number of benzene rings is 1. The number of amides is 1. The molecule has 0 fully saturated rings. The average Bonchev–Trinajstić information content (AvgIpc) is 2.97. The fourth-order valence-electron chi connectivity index (χ4n) is 2.87. The Labute approximate surface area is 169 Å². The van der Waals surface area contributed by atoms with Crippen molar-refractivity contribution in [3.63, 3.8) is 0 Å². The van der Waals surface area contributed by atoms with Gasteiger partial charge >= 0.3 is 5.97 Å². The van der Waals surface area contributed by atoms with Crippen LogP contribution in [0.5, 0.6) is 0 Å². The van der Waals surface area contributed by atoms with E-state index in [4.69, 9.17) is 4.74 Å². The Balaban J connectivity index is 1.73. The van der Waals surface area contributed by atoms with Crippen molar-refractivity contribution < 1.29 is 18.7 Å². The molecule has 2 aromatic heterocycles. The van der Waals surface area contributed by atoms with Crippen molar-refractivity contribution in [3.8, 4) is 0 Å². The van der Waals surface area contributed by atoms with Crippen molar-refractivity contribution in [2.45, 2.75) is 13.5 Å². The maximum atomic E-state index is 13.2. The molecule has 0 aliphatic rings. The number of carbonyl (C=O) groups is 2. The third-order valence-electron chi connectivity index (χ3n) is 4.16. The molecule has 1 amide bonds. The number of methoxy groups -OCH3 is 1. The van der Waals surface area contributed by atoms with Gasteiger partial charge in [-0.1, -0.05) is 6.07 Å². The number of nitrogens with zero attached hydrogens (tertiary/aromatic N) is 2. The number of H-pyrrole nitrogens is 1. The van der Waals surface area contributed by atoms with Gasteiger partial charge in [-0.2, -0.15) is 0 Å². The van der Waals surface area contributed by atoms with Gasteiger partial charge in [0.15, 0.2) is 0 Å². The zero-order valence-electron chi connectivity index (χ0n) is 16.0. The van der Waals surface area contributed by atoms with E-state index in [1.807, 2.05) is 0 Å². The van der Waals surface area contributed by atoms with Gasteiger partial charge in [-0.05, 0) is 37.7 Å². The molecule has 3 rings (SSSR count). The van der Waals surface area contributed by atoms with Crippen molar-refractivity contribution in [3.05, 3.63) is 56.7 Å². The molecule has 3 aromatic rings. The molecule has 0 bridgehead atoms. The number of aryl methyl sites for hydroxylation is 1. The lowest BCUT2D eigenvalue weighted by Gasteiger charge is -2.15. The molecule has 0 atom stereocenters. The second kappa shape index (κ2) is 8.50. The molecule has 0 saturated carbocycles. The number of halogens is 1. The first kappa shape index (κ1) is 20.6. The van der Waals surface area contributed by atoms with Crippen LogP contribution in [-0.4, -0.2) is 47.4 Å². The zero-order chi connectivity index (χ0) is 21.1. The van der Waals surface area contributed by atoms with Gasteiger partial charge in [0.1, 0.15) is 21.3 Å². The van der Waals surface area contributed by atoms with Crippen LogP contribution in [0.3, 0.4) is 0 Å². The molecular weight excluding hydrogens is 399 g/mol. The molecule has 0 aliphatic carbocycles. The lowest BCUT2D eigenvalue weighted by Crippen LogP contribution is -2.31. The SMILES string of the molecule is COC(=O)c1sc2nc(CN(C)CC(=O)Nc3cccc(F)c3)[nH]c(=O)c2c1C. The largest absolute Gasteiger partial charge is 0.465 e. The van der Waals surface area contributed by atoms with E-state index in [9.17, 15) is 18.8 Å². The normalized spacial score (nSPS) is 11.1. The van der Waals surface area contributed by atoms with Crippen LogP contribution in [0.4, 0.5) is 10.1 Å². The van der Waals surface area contributed by atoms with Crippen molar-refractivity contribution in [2.24, 2.45) is 0 Å². The second-order valence-electron chi connectivity index (χ2n) is 6.47. The molecule has 10 heteroatoms. The summed E-state index contributed by atoms with van der Waals surface area (Å²) in [5.74, 6) is -0.927. The van der Waals surface area contributed by atoms with Gasteiger partial charge in [-0.3, -0.25) is 14.5 Å². The highest BCUT2D eigenvalue weighted by Gasteiger charge is 2.20. The topological polar surface area (TPSA) is 104 Å². The first-order valence-corrected chi connectivity index (χ1v) is 9.44. The number of aromatic amines is 1. The van der Waals surface area contributed by atoms with Crippen molar-refractivity contribution >= 4 is 39.1 Å². The molecule has 0 aliphatic heterocycles. The summed E-state index contributed by atoms with van der Waals surface area (Å²) >= 11 is 1.09. The maximum absolute atomic E-state index is 13.2. The predicted octanol–water partition coefficient (Wildman–Crippen LogP) is 2.29. The smallest absolute Gasteiger partial charge is 0.348 e. The van der Waals surface area contributed by atoms with Crippen LogP contribution in [-0.2, 0) is 16.1 Å². The van der Waals surface area contributed by atoms with E-state index in [0.29, 0.717) is 32.2 Å². The second-order valence-corrected chi connectivity index (χ2v) is 7.47. The third kappa shape index (κ3) is 4.66. The highest BCUT2D eigenvalue weighted by molar-refractivity contribution is 7.20. The summed E-state index contributed by atoms with van der Waals surface area (Å²) in [6, 6.07) is 5.61. The summed E-state index contributed by atoms with van der Waals surface area (Å²) in [5.41, 5.74) is 0.534. The Morgan fingerprint density at radius 3 is 2.83 bits per heavy atom. The quantitative estimate of drug-likeness (QED) is 0.595. The van der Waals surface area contributed by atoms with E-state index in [1.165, 1.54) is 25.3 Å². The number of nitrogens with one attached hydrogen (secondary N) is 2. The predicted molar refractivity (Wildman–Crippen MR) is 108 cm³/mol. The number of anilines is 1. The molecule has 2 heterocycles. The third-order valence-corrected chi connectivity index (χ3v) is 5.33. The van der Waals surface area contributed by atoms with E-state index in [0.717, 1.165) is 11.3 Å². The summed E-state index contributed by atoms with van der Waals surface area (Å²) in [5, 5.41) is 2.96. The lowest BCUT2D eigenvalue weighted by molar-refractivity contribution is -0.117. The van der Waals surface area contributed by atoms with Crippen LogP contribution in [0.2, 0.25) is 0 Å². The number of hydrogen-bond donors (Lipinski definition) is 2. The number of likely N-dealkylation sites (N-methyl/N-ethyl adjacent to an activating group) is 1. The molecular formula is C19H19FN4O4S. The molecule has 29 heavy (non-hydrogen) atoms. The number of thiophene rings is 1. The van der Waals surface area contributed by atoms with E-state index < -0.39 is 11.8 Å². The fourth-order valence-corrected chi connectivity index (χ4v) is 3.99. The molecule has 0 spiro atoms. The van der Waals surface area contributed by atoms with Gasteiger partial charge in [0.2, 0.25) is 5.91 Å². The van der Waals surface area contributed by atoms with E-state index in [-0.39, 0.29) is 24.6 Å². The number of hydrogen-bond acceptors (Lipinski definition) is 7. The van der Waals surface area contributed by atoms with Gasteiger partial charge in [0.05, 0.1) is 25.6 Å².